The number of H-pyrrole nitrogens is 1. The van der Waals surface area contributed by atoms with Gasteiger partial charge in [0.25, 0.3) is 0 Å². The SMILES string of the molecule is Cc1c(-c2[nH]c3ccc(C4CCN(CCN5CCCS5)CC4)cc3c2C(C)C)cn2cnnc2c1C. The predicted molar refractivity (Wildman–Crippen MR) is 151 cm³/mol. The average molecular weight is 503 g/mol. The second-order valence-corrected chi connectivity index (χ2v) is 12.1. The third-order valence-corrected chi connectivity index (χ3v) is 9.60. The van der Waals surface area contributed by atoms with Crippen LogP contribution in [0.3, 0.4) is 0 Å². The Morgan fingerprint density at radius 2 is 1.92 bits per heavy atom. The molecule has 0 saturated carbocycles. The summed E-state index contributed by atoms with van der Waals surface area (Å²) in [5, 5.41) is 9.83. The van der Waals surface area contributed by atoms with Crippen LogP contribution in [-0.2, 0) is 0 Å². The van der Waals surface area contributed by atoms with Gasteiger partial charge < -0.3 is 9.88 Å². The molecule has 36 heavy (non-hydrogen) atoms. The van der Waals surface area contributed by atoms with E-state index in [1.54, 1.807) is 6.33 Å². The molecule has 1 N–H and O–H groups in total. The molecule has 1 aromatic carbocycles. The van der Waals surface area contributed by atoms with Gasteiger partial charge in [0.2, 0.25) is 0 Å². The van der Waals surface area contributed by atoms with E-state index in [2.05, 4.69) is 80.9 Å². The number of nitrogens with zero attached hydrogens (tertiary/aromatic N) is 5. The molecule has 0 radical (unpaired) electrons. The number of benzene rings is 1. The smallest absolute Gasteiger partial charge is 0.163 e. The van der Waals surface area contributed by atoms with Crippen LogP contribution in [0.25, 0.3) is 27.8 Å². The van der Waals surface area contributed by atoms with Gasteiger partial charge in [-0.1, -0.05) is 31.9 Å². The molecule has 3 aromatic heterocycles. The van der Waals surface area contributed by atoms with Crippen LogP contribution in [0, 0.1) is 13.8 Å². The molecule has 0 atom stereocenters. The van der Waals surface area contributed by atoms with Crippen molar-refractivity contribution in [2.75, 3.05) is 38.5 Å². The molecular weight excluding hydrogens is 464 g/mol. The van der Waals surface area contributed by atoms with Crippen LogP contribution in [0.15, 0.2) is 30.7 Å². The number of likely N-dealkylation sites (tertiary alicyclic amines) is 1. The number of hydrogen-bond donors (Lipinski definition) is 1. The third-order valence-electron chi connectivity index (χ3n) is 8.40. The molecule has 0 aliphatic carbocycles. The van der Waals surface area contributed by atoms with Crippen molar-refractivity contribution < 1.29 is 0 Å². The molecule has 5 heterocycles. The molecule has 0 bridgehead atoms. The predicted octanol–water partition coefficient (Wildman–Crippen LogP) is 6.15. The normalized spacial score (nSPS) is 18.4. The maximum atomic E-state index is 4.31. The first-order valence-electron chi connectivity index (χ1n) is 13.5. The molecule has 2 saturated heterocycles. The number of piperidine rings is 1. The molecule has 190 valence electrons. The van der Waals surface area contributed by atoms with Gasteiger partial charge in [0.1, 0.15) is 6.33 Å². The van der Waals surface area contributed by atoms with Crippen LogP contribution in [0.4, 0.5) is 0 Å². The van der Waals surface area contributed by atoms with Crippen molar-refractivity contribution in [3.63, 3.8) is 0 Å². The highest BCUT2D eigenvalue weighted by atomic mass is 32.2. The first-order valence-corrected chi connectivity index (χ1v) is 14.5. The second-order valence-electron chi connectivity index (χ2n) is 11.0. The number of rotatable bonds is 6. The molecule has 6 rings (SSSR count). The van der Waals surface area contributed by atoms with Crippen LogP contribution in [0.2, 0.25) is 0 Å². The van der Waals surface area contributed by atoms with E-state index in [0.717, 1.165) is 5.65 Å². The number of aryl methyl sites for hydroxylation is 1. The summed E-state index contributed by atoms with van der Waals surface area (Å²) in [7, 11) is 0. The van der Waals surface area contributed by atoms with E-state index in [1.165, 1.54) is 102 Å². The minimum atomic E-state index is 0.422. The number of fused-ring (bicyclic) bond motifs is 2. The van der Waals surface area contributed by atoms with Gasteiger partial charge in [-0.25, -0.2) is 4.31 Å². The summed E-state index contributed by atoms with van der Waals surface area (Å²) in [6.45, 7) is 15.1. The molecule has 2 aliphatic heterocycles. The summed E-state index contributed by atoms with van der Waals surface area (Å²) in [5.41, 5.74) is 10.0. The third kappa shape index (κ3) is 4.35. The Hall–Kier alpha value is -2.35. The highest BCUT2D eigenvalue weighted by Crippen LogP contribution is 2.40. The molecule has 7 heteroatoms. The van der Waals surface area contributed by atoms with Crippen molar-refractivity contribution in [2.24, 2.45) is 0 Å². The molecular formula is C29H38N6S. The van der Waals surface area contributed by atoms with Crippen LogP contribution >= 0.6 is 11.9 Å². The summed E-state index contributed by atoms with van der Waals surface area (Å²) in [5.74, 6) is 2.38. The lowest BCUT2D eigenvalue weighted by atomic mass is 9.87. The van der Waals surface area contributed by atoms with Gasteiger partial charge in [0, 0.05) is 48.1 Å². The Kier molecular flexibility index (Phi) is 6.56. The van der Waals surface area contributed by atoms with Crippen LogP contribution in [-0.4, -0.2) is 67.3 Å². The zero-order valence-corrected chi connectivity index (χ0v) is 22.9. The van der Waals surface area contributed by atoms with Gasteiger partial charge in [0.05, 0.1) is 5.69 Å². The summed E-state index contributed by atoms with van der Waals surface area (Å²) >= 11 is 2.03. The molecule has 0 unspecified atom stereocenters. The van der Waals surface area contributed by atoms with E-state index in [4.69, 9.17) is 0 Å². The monoisotopic (exact) mass is 502 g/mol. The van der Waals surface area contributed by atoms with E-state index in [0.29, 0.717) is 11.8 Å². The summed E-state index contributed by atoms with van der Waals surface area (Å²) in [6, 6.07) is 7.18. The maximum Gasteiger partial charge on any atom is 0.163 e. The van der Waals surface area contributed by atoms with Crippen molar-refractivity contribution in [3.8, 4) is 11.3 Å². The van der Waals surface area contributed by atoms with Crippen molar-refractivity contribution in [3.05, 3.63) is 53.0 Å². The zero-order valence-electron chi connectivity index (χ0n) is 22.0. The number of hydrogen-bond acceptors (Lipinski definition) is 5. The van der Waals surface area contributed by atoms with Crippen LogP contribution < -0.4 is 0 Å². The summed E-state index contributed by atoms with van der Waals surface area (Å²) in [6.07, 6.45) is 7.86. The Morgan fingerprint density at radius 1 is 1.08 bits per heavy atom. The van der Waals surface area contributed by atoms with Crippen molar-refractivity contribution >= 4 is 28.5 Å². The summed E-state index contributed by atoms with van der Waals surface area (Å²) < 4.78 is 4.61. The van der Waals surface area contributed by atoms with Gasteiger partial charge in [-0.05, 0) is 92.4 Å². The van der Waals surface area contributed by atoms with E-state index in [9.17, 15) is 0 Å². The van der Waals surface area contributed by atoms with Crippen LogP contribution in [0.5, 0.6) is 0 Å². The van der Waals surface area contributed by atoms with Crippen LogP contribution in [0.1, 0.15) is 67.2 Å². The van der Waals surface area contributed by atoms with E-state index < -0.39 is 0 Å². The number of aromatic amines is 1. The van der Waals surface area contributed by atoms with E-state index >= 15 is 0 Å². The lowest BCUT2D eigenvalue weighted by molar-refractivity contribution is 0.203. The fourth-order valence-electron chi connectivity index (χ4n) is 6.18. The molecule has 6 nitrogen and oxygen atoms in total. The van der Waals surface area contributed by atoms with Gasteiger partial charge in [-0.2, -0.15) is 0 Å². The minimum absolute atomic E-state index is 0.422. The molecule has 0 amide bonds. The van der Waals surface area contributed by atoms with Gasteiger partial charge in [-0.15, -0.1) is 10.2 Å². The Balaban J connectivity index is 1.27. The van der Waals surface area contributed by atoms with Crippen molar-refractivity contribution in [2.45, 2.75) is 58.8 Å². The largest absolute Gasteiger partial charge is 0.354 e. The fourth-order valence-corrected chi connectivity index (χ4v) is 7.16. The Morgan fingerprint density at radius 3 is 2.67 bits per heavy atom. The fraction of sp³-hybridized carbons (Fsp3) is 0.517. The van der Waals surface area contributed by atoms with Gasteiger partial charge in [-0.3, -0.25) is 4.40 Å². The Bertz CT molecular complexity index is 1370. The highest BCUT2D eigenvalue weighted by Gasteiger charge is 2.24. The molecule has 2 aliphatic rings. The van der Waals surface area contributed by atoms with Crippen molar-refractivity contribution in [1.29, 1.82) is 0 Å². The van der Waals surface area contributed by atoms with Crippen molar-refractivity contribution in [1.82, 2.24) is 28.8 Å². The standard InChI is InChI=1S/C29H38N6S/c1-19(2)27-24-16-23(22-8-11-33(12-9-22)13-14-35-10-5-15-36-35)6-7-26(24)31-28(27)25-17-34-18-30-32-29(34)21(4)20(25)3/h6-7,16-19,22,31H,5,8-15H2,1-4H3. The zero-order chi connectivity index (χ0) is 24.8. The molecule has 2 fully saturated rings. The average Bonchev–Trinajstić information content (AvgIpc) is 3.64. The van der Waals surface area contributed by atoms with E-state index in [-0.39, 0.29) is 0 Å². The molecule has 0 spiro atoms. The highest BCUT2D eigenvalue weighted by molar-refractivity contribution is 7.97. The lowest BCUT2D eigenvalue weighted by Gasteiger charge is -2.33. The Labute approximate surface area is 218 Å². The second kappa shape index (κ2) is 9.84. The van der Waals surface area contributed by atoms with Gasteiger partial charge in [0.15, 0.2) is 5.65 Å². The topological polar surface area (TPSA) is 52.5 Å². The lowest BCUT2D eigenvalue weighted by Crippen LogP contribution is -2.37. The number of aromatic nitrogens is 4. The number of nitrogens with one attached hydrogen (secondary N) is 1. The number of pyridine rings is 1. The quantitative estimate of drug-likeness (QED) is 0.321. The summed E-state index contributed by atoms with van der Waals surface area (Å²) in [4.78, 5) is 6.47. The first-order chi connectivity index (χ1) is 17.5. The van der Waals surface area contributed by atoms with Gasteiger partial charge >= 0.3 is 0 Å². The maximum absolute atomic E-state index is 4.31. The van der Waals surface area contributed by atoms with E-state index in [1.807, 2.05) is 11.9 Å². The minimum Gasteiger partial charge on any atom is -0.354 e. The molecule has 4 aromatic rings. The first kappa shape index (κ1) is 24.0.